The van der Waals surface area contributed by atoms with E-state index in [2.05, 4.69) is 9.58 Å². The lowest BCUT2D eigenvalue weighted by Crippen LogP contribution is -2.33. The van der Waals surface area contributed by atoms with E-state index in [1.165, 1.54) is 12.1 Å². The molecule has 0 bridgehead atoms. The van der Waals surface area contributed by atoms with Gasteiger partial charge in [0, 0.05) is 29.6 Å². The predicted molar refractivity (Wildman–Crippen MR) is 82.0 cm³/mol. The monoisotopic (exact) mass is 386 g/mol. The van der Waals surface area contributed by atoms with Crippen LogP contribution >= 0.6 is 0 Å². The van der Waals surface area contributed by atoms with Crippen molar-refractivity contribution in [3.63, 3.8) is 0 Å². The first-order valence-electron chi connectivity index (χ1n) is 7.59. The van der Waals surface area contributed by atoms with Crippen molar-refractivity contribution in [1.29, 1.82) is 0 Å². The lowest BCUT2D eigenvalue weighted by molar-refractivity contribution is -0.147. The van der Waals surface area contributed by atoms with Gasteiger partial charge in [-0.05, 0) is 18.6 Å². The first kappa shape index (κ1) is 18.8. The van der Waals surface area contributed by atoms with Crippen molar-refractivity contribution in [3.8, 4) is 11.4 Å². The lowest BCUT2D eigenvalue weighted by atomic mass is 9.89. The zero-order valence-electron chi connectivity index (χ0n) is 13.4. The number of rotatable bonds is 3. The summed E-state index contributed by atoms with van der Waals surface area (Å²) < 4.78 is 73.4. The summed E-state index contributed by atoms with van der Waals surface area (Å²) in [4.78, 5) is 13.7. The van der Waals surface area contributed by atoms with Gasteiger partial charge in [-0.3, -0.25) is 4.79 Å². The fourth-order valence-corrected chi connectivity index (χ4v) is 3.10. The van der Waals surface area contributed by atoms with Crippen LogP contribution in [0.5, 0.6) is 5.75 Å². The van der Waals surface area contributed by atoms with Gasteiger partial charge in [0.25, 0.3) is 12.4 Å². The summed E-state index contributed by atoms with van der Waals surface area (Å²) in [6, 6.07) is 3.68. The topological polar surface area (TPSA) is 55.8 Å². The highest BCUT2D eigenvalue weighted by Crippen LogP contribution is 2.48. The van der Waals surface area contributed by atoms with E-state index in [1.54, 1.807) is 0 Å². The highest BCUT2D eigenvalue weighted by atomic mass is 19.4. The van der Waals surface area contributed by atoms with Gasteiger partial charge >= 0.3 is 6.18 Å². The fraction of sp³-hybridized carbons (Fsp3) is 0.294. The molecule has 10 heteroatoms. The van der Waals surface area contributed by atoms with Crippen LogP contribution in [-0.2, 0) is 17.4 Å². The number of carbonyl (C=O) groups excluding carboxylic acids is 1. The normalized spacial score (nSPS) is 18.5. The number of ether oxygens (including phenoxy) is 1. The number of hydrogen-bond donors (Lipinski definition) is 1. The van der Waals surface area contributed by atoms with Crippen LogP contribution < -0.4 is 4.74 Å². The maximum Gasteiger partial charge on any atom is 0.418 e. The molecule has 1 unspecified atom stereocenters. The first-order chi connectivity index (χ1) is 12.6. The fourth-order valence-electron chi connectivity index (χ4n) is 3.10. The number of nitrogens with zero attached hydrogens (tertiary/aromatic N) is 2. The van der Waals surface area contributed by atoms with E-state index in [9.17, 15) is 31.9 Å². The Morgan fingerprint density at radius 3 is 2.67 bits per heavy atom. The maximum atomic E-state index is 13.8. The Hall–Kier alpha value is -2.93. The van der Waals surface area contributed by atoms with Crippen molar-refractivity contribution in [3.05, 3.63) is 52.6 Å². The Morgan fingerprint density at radius 1 is 1.37 bits per heavy atom. The third-order valence-corrected chi connectivity index (χ3v) is 4.34. The summed E-state index contributed by atoms with van der Waals surface area (Å²) in [5.74, 6) is -3.87. The molecule has 1 heterocycles. The molecule has 142 valence electrons. The SMILES string of the molecule is [C-]#[N+]c1ccc(-n2cc(C(F)(F)F)c3c2CCC(F)(F)C3O)cc1OC=O. The van der Waals surface area contributed by atoms with E-state index in [4.69, 9.17) is 6.57 Å². The van der Waals surface area contributed by atoms with Gasteiger partial charge in [-0.2, -0.15) is 13.2 Å². The molecular weight excluding hydrogens is 375 g/mol. The Kier molecular flexibility index (Phi) is 4.43. The molecular formula is C17H11F5N2O3. The second-order valence-electron chi connectivity index (χ2n) is 5.91. The van der Waals surface area contributed by atoms with E-state index >= 15 is 0 Å². The number of alkyl halides is 5. The Balaban J connectivity index is 2.23. The van der Waals surface area contributed by atoms with E-state index < -0.39 is 42.2 Å². The molecule has 3 rings (SSSR count). The molecule has 1 aliphatic carbocycles. The highest BCUT2D eigenvalue weighted by molar-refractivity contribution is 5.65. The van der Waals surface area contributed by atoms with Crippen molar-refractivity contribution in [2.45, 2.75) is 31.0 Å². The van der Waals surface area contributed by atoms with Crippen molar-refractivity contribution in [2.75, 3.05) is 0 Å². The number of benzene rings is 1. The molecule has 0 saturated heterocycles. The van der Waals surface area contributed by atoms with E-state index in [1.807, 2.05) is 0 Å². The number of aromatic nitrogens is 1. The van der Waals surface area contributed by atoms with Crippen LogP contribution in [0.15, 0.2) is 24.4 Å². The van der Waals surface area contributed by atoms with Gasteiger partial charge in [-0.1, -0.05) is 6.07 Å². The van der Waals surface area contributed by atoms with E-state index in [0.29, 0.717) is 6.20 Å². The molecule has 0 aliphatic heterocycles. The van der Waals surface area contributed by atoms with Crippen LogP contribution in [0.25, 0.3) is 10.5 Å². The summed E-state index contributed by atoms with van der Waals surface area (Å²) in [5, 5.41) is 9.84. The van der Waals surface area contributed by atoms with Gasteiger partial charge in [0.05, 0.1) is 12.1 Å². The number of halogens is 5. The van der Waals surface area contributed by atoms with Gasteiger partial charge in [-0.15, -0.1) is 0 Å². The Morgan fingerprint density at radius 2 is 2.07 bits per heavy atom. The molecule has 0 amide bonds. The Bertz CT molecular complexity index is 943. The van der Waals surface area contributed by atoms with Gasteiger partial charge in [0.2, 0.25) is 5.69 Å². The van der Waals surface area contributed by atoms with Gasteiger partial charge in [0.15, 0.2) is 0 Å². The number of aliphatic hydroxyl groups is 1. The van der Waals surface area contributed by atoms with E-state index in [0.717, 1.165) is 10.6 Å². The van der Waals surface area contributed by atoms with Crippen LogP contribution in [0.1, 0.15) is 29.3 Å². The number of carbonyl (C=O) groups is 1. The third-order valence-electron chi connectivity index (χ3n) is 4.34. The molecule has 0 spiro atoms. The minimum Gasteiger partial charge on any atom is -0.440 e. The molecule has 5 nitrogen and oxygen atoms in total. The third kappa shape index (κ3) is 3.14. The maximum absolute atomic E-state index is 13.8. The van der Waals surface area contributed by atoms with Gasteiger partial charge in [-0.25, -0.2) is 13.6 Å². The van der Waals surface area contributed by atoms with Crippen molar-refractivity contribution in [2.24, 2.45) is 0 Å². The van der Waals surface area contributed by atoms with Crippen molar-refractivity contribution in [1.82, 2.24) is 4.57 Å². The number of hydrogen-bond acceptors (Lipinski definition) is 3. The summed E-state index contributed by atoms with van der Waals surface area (Å²) in [6.45, 7) is 7.06. The van der Waals surface area contributed by atoms with Crippen molar-refractivity contribution >= 4 is 12.2 Å². The second kappa shape index (κ2) is 6.35. The standard InChI is InChI=1S/C17H11F5N2O3/c1-23-11-3-2-9(6-13(11)27-8-25)24-7-10(17(20,21)22)14-12(24)4-5-16(18,19)15(14)26/h2-3,6-8,15,26H,4-5H2. The minimum absolute atomic E-state index is 0.0468. The lowest BCUT2D eigenvalue weighted by Gasteiger charge is -2.29. The van der Waals surface area contributed by atoms with Gasteiger partial charge < -0.3 is 14.4 Å². The molecule has 1 aromatic carbocycles. The molecule has 1 aromatic heterocycles. The average Bonchev–Trinajstić information content (AvgIpc) is 2.99. The zero-order chi connectivity index (χ0) is 20.0. The molecule has 0 fully saturated rings. The van der Waals surface area contributed by atoms with Crippen LogP contribution in [-0.4, -0.2) is 22.1 Å². The molecule has 1 atom stereocenters. The largest absolute Gasteiger partial charge is 0.440 e. The zero-order valence-corrected chi connectivity index (χ0v) is 13.4. The van der Waals surface area contributed by atoms with Crippen LogP contribution in [0.4, 0.5) is 27.6 Å². The summed E-state index contributed by atoms with van der Waals surface area (Å²) >= 11 is 0. The Labute approximate surface area is 149 Å². The van der Waals surface area contributed by atoms with Gasteiger partial charge in [0.1, 0.15) is 11.9 Å². The molecule has 1 aliphatic rings. The predicted octanol–water partition coefficient (Wildman–Crippen LogP) is 4.20. The average molecular weight is 386 g/mol. The quantitative estimate of drug-likeness (QED) is 0.489. The summed E-state index contributed by atoms with van der Waals surface area (Å²) in [7, 11) is 0. The van der Waals surface area contributed by atoms with E-state index in [-0.39, 0.29) is 29.3 Å². The molecule has 1 N–H and O–H groups in total. The first-order valence-corrected chi connectivity index (χ1v) is 7.59. The second-order valence-corrected chi connectivity index (χ2v) is 5.91. The highest BCUT2D eigenvalue weighted by Gasteiger charge is 2.50. The molecule has 0 saturated carbocycles. The molecule has 2 aromatic rings. The number of fused-ring (bicyclic) bond motifs is 1. The minimum atomic E-state index is -4.96. The van der Waals surface area contributed by atoms with Crippen molar-refractivity contribution < 1.29 is 36.6 Å². The molecule has 27 heavy (non-hydrogen) atoms. The van der Waals surface area contributed by atoms with Crippen LogP contribution in [0, 0.1) is 6.57 Å². The molecule has 0 radical (unpaired) electrons. The smallest absolute Gasteiger partial charge is 0.418 e. The van der Waals surface area contributed by atoms with Crippen LogP contribution in [0.2, 0.25) is 0 Å². The summed E-state index contributed by atoms with van der Waals surface area (Å²) in [6.07, 6.45) is -8.15. The van der Waals surface area contributed by atoms with Crippen LogP contribution in [0.3, 0.4) is 0 Å². The number of aliphatic hydroxyl groups excluding tert-OH is 1. The summed E-state index contributed by atoms with van der Waals surface area (Å²) in [5.41, 5.74) is -2.33.